The highest BCUT2D eigenvalue weighted by Gasteiger charge is 2.17. The molecule has 0 bridgehead atoms. The third-order valence-corrected chi connectivity index (χ3v) is 4.74. The molecule has 1 saturated heterocycles. The third-order valence-electron chi connectivity index (χ3n) is 4.74. The molecule has 5 heteroatoms. The first-order chi connectivity index (χ1) is 12.7. The zero-order chi connectivity index (χ0) is 18.8. The van der Waals surface area contributed by atoms with Gasteiger partial charge in [0.1, 0.15) is 5.75 Å². The lowest BCUT2D eigenvalue weighted by molar-refractivity contribution is 0.127. The molecule has 2 aromatic carbocycles. The quantitative estimate of drug-likeness (QED) is 0.661. The lowest BCUT2D eigenvalue weighted by Gasteiger charge is -2.34. The smallest absolute Gasteiger partial charge is 0.126 e. The standard InChI is InChI=1S/C19H26N2O.C2H6N2/c1-3-10-20-11-13-21(14-12-20)15-16-8-9-19(22-2)18-7-5-4-6-17(16)18;1-4-2-3/h4-9H,3,10-15H2,1-2H3;2H,1H3,(H2,3,4). The van der Waals surface area contributed by atoms with Crippen molar-refractivity contribution in [3.05, 3.63) is 42.0 Å². The number of aliphatic imine (C=N–C) groups is 1. The summed E-state index contributed by atoms with van der Waals surface area (Å²) in [5, 5.41) is 2.53. The fourth-order valence-corrected chi connectivity index (χ4v) is 3.38. The summed E-state index contributed by atoms with van der Waals surface area (Å²) in [5.74, 6) is 0.965. The summed E-state index contributed by atoms with van der Waals surface area (Å²) < 4.78 is 5.49. The summed E-state index contributed by atoms with van der Waals surface area (Å²) >= 11 is 0. The Labute approximate surface area is 157 Å². The number of piperazine rings is 1. The van der Waals surface area contributed by atoms with E-state index < -0.39 is 0 Å². The maximum atomic E-state index is 5.49. The number of rotatable bonds is 5. The van der Waals surface area contributed by atoms with Crippen molar-refractivity contribution in [2.24, 2.45) is 10.7 Å². The van der Waals surface area contributed by atoms with Crippen LogP contribution in [-0.2, 0) is 6.54 Å². The van der Waals surface area contributed by atoms with Gasteiger partial charge in [-0.1, -0.05) is 37.3 Å². The second-order valence-corrected chi connectivity index (χ2v) is 6.50. The molecule has 0 aromatic heterocycles. The van der Waals surface area contributed by atoms with Crippen LogP contribution in [0.2, 0.25) is 0 Å². The van der Waals surface area contributed by atoms with Crippen molar-refractivity contribution < 1.29 is 4.74 Å². The molecule has 3 rings (SSSR count). The second kappa shape index (κ2) is 10.8. The molecule has 1 aliphatic rings. The van der Waals surface area contributed by atoms with Gasteiger partial charge in [0.25, 0.3) is 0 Å². The van der Waals surface area contributed by atoms with Crippen LogP contribution < -0.4 is 10.5 Å². The largest absolute Gasteiger partial charge is 0.496 e. The molecule has 0 unspecified atom stereocenters. The molecule has 1 fully saturated rings. The topological polar surface area (TPSA) is 54.1 Å². The van der Waals surface area contributed by atoms with Gasteiger partial charge >= 0.3 is 0 Å². The van der Waals surface area contributed by atoms with Crippen LogP contribution in [0, 0.1) is 0 Å². The van der Waals surface area contributed by atoms with E-state index in [1.165, 1.54) is 61.8 Å². The third kappa shape index (κ3) is 5.44. The predicted octanol–water partition coefficient (Wildman–Crippen LogP) is 2.98. The first-order valence-corrected chi connectivity index (χ1v) is 9.35. The van der Waals surface area contributed by atoms with E-state index in [-0.39, 0.29) is 0 Å². The van der Waals surface area contributed by atoms with Gasteiger partial charge in [0, 0.05) is 45.2 Å². The average Bonchev–Trinajstić information content (AvgIpc) is 2.70. The highest BCUT2D eigenvalue weighted by atomic mass is 16.5. The number of hydrogen-bond acceptors (Lipinski definition) is 4. The normalized spacial score (nSPS) is 15.8. The van der Waals surface area contributed by atoms with Gasteiger partial charge in [-0.15, -0.1) is 0 Å². The first kappa shape index (κ1) is 20.2. The van der Waals surface area contributed by atoms with Crippen LogP contribution in [0.15, 0.2) is 41.4 Å². The molecule has 0 amide bonds. The van der Waals surface area contributed by atoms with Crippen molar-refractivity contribution in [3.8, 4) is 5.75 Å². The maximum absolute atomic E-state index is 5.49. The second-order valence-electron chi connectivity index (χ2n) is 6.50. The summed E-state index contributed by atoms with van der Waals surface area (Å²) in [6.45, 7) is 9.25. The van der Waals surface area contributed by atoms with E-state index in [2.05, 4.69) is 58.1 Å². The zero-order valence-corrected chi connectivity index (χ0v) is 16.3. The molecule has 2 N–H and O–H groups in total. The minimum absolute atomic E-state index is 0.965. The van der Waals surface area contributed by atoms with Crippen LogP contribution in [0.25, 0.3) is 10.8 Å². The van der Waals surface area contributed by atoms with E-state index in [1.54, 1.807) is 14.2 Å². The average molecular weight is 357 g/mol. The van der Waals surface area contributed by atoms with Gasteiger partial charge in [-0.25, -0.2) is 0 Å². The fraction of sp³-hybridized carbons (Fsp3) is 0.476. The van der Waals surface area contributed by atoms with Crippen molar-refractivity contribution in [2.75, 3.05) is 46.9 Å². The van der Waals surface area contributed by atoms with Gasteiger partial charge in [0.05, 0.1) is 13.4 Å². The van der Waals surface area contributed by atoms with Crippen LogP contribution in [0.4, 0.5) is 0 Å². The Kier molecular flexibility index (Phi) is 8.38. The number of ether oxygens (including phenoxy) is 1. The van der Waals surface area contributed by atoms with Crippen LogP contribution in [0.3, 0.4) is 0 Å². The molecule has 1 aliphatic heterocycles. The maximum Gasteiger partial charge on any atom is 0.126 e. The SMILES string of the molecule is CCCN1CCN(Cc2ccc(OC)c3ccccc23)CC1.CN=CN. The van der Waals surface area contributed by atoms with E-state index in [0.29, 0.717) is 0 Å². The first-order valence-electron chi connectivity index (χ1n) is 9.35. The Morgan fingerprint density at radius 1 is 1.04 bits per heavy atom. The molecule has 0 saturated carbocycles. The highest BCUT2D eigenvalue weighted by Crippen LogP contribution is 2.29. The van der Waals surface area contributed by atoms with Crippen LogP contribution in [-0.4, -0.2) is 63.0 Å². The fourth-order valence-electron chi connectivity index (χ4n) is 3.38. The molecule has 0 spiro atoms. The lowest BCUT2D eigenvalue weighted by Crippen LogP contribution is -2.45. The van der Waals surface area contributed by atoms with Gasteiger partial charge in [-0.2, -0.15) is 0 Å². The van der Waals surface area contributed by atoms with Gasteiger partial charge in [0.15, 0.2) is 0 Å². The van der Waals surface area contributed by atoms with E-state index in [0.717, 1.165) is 12.3 Å². The minimum Gasteiger partial charge on any atom is -0.496 e. The van der Waals surface area contributed by atoms with Crippen molar-refractivity contribution in [1.82, 2.24) is 9.80 Å². The van der Waals surface area contributed by atoms with Crippen molar-refractivity contribution >= 4 is 17.1 Å². The molecule has 0 radical (unpaired) electrons. The number of fused-ring (bicyclic) bond motifs is 1. The zero-order valence-electron chi connectivity index (χ0n) is 16.3. The number of nitrogens with two attached hydrogens (primary N) is 1. The van der Waals surface area contributed by atoms with Gasteiger partial charge in [-0.05, 0) is 30.0 Å². The molecule has 1 heterocycles. The summed E-state index contributed by atoms with van der Waals surface area (Å²) in [5.41, 5.74) is 6.14. The van der Waals surface area contributed by atoms with E-state index >= 15 is 0 Å². The van der Waals surface area contributed by atoms with E-state index in [9.17, 15) is 0 Å². The molecule has 0 aliphatic carbocycles. The molecule has 0 atom stereocenters. The van der Waals surface area contributed by atoms with Crippen LogP contribution in [0.1, 0.15) is 18.9 Å². The molecule has 2 aromatic rings. The number of methoxy groups -OCH3 is 1. The monoisotopic (exact) mass is 356 g/mol. The Bertz CT molecular complexity index is 689. The van der Waals surface area contributed by atoms with Crippen molar-refractivity contribution in [2.45, 2.75) is 19.9 Å². The highest BCUT2D eigenvalue weighted by molar-refractivity contribution is 5.91. The van der Waals surface area contributed by atoms with Crippen LogP contribution in [0.5, 0.6) is 5.75 Å². The van der Waals surface area contributed by atoms with Crippen LogP contribution >= 0.6 is 0 Å². The predicted molar refractivity (Wildman–Crippen MR) is 111 cm³/mol. The molecule has 26 heavy (non-hydrogen) atoms. The number of benzene rings is 2. The van der Waals surface area contributed by atoms with Gasteiger partial charge in [-0.3, -0.25) is 9.89 Å². The number of nitrogens with zero attached hydrogens (tertiary/aromatic N) is 3. The van der Waals surface area contributed by atoms with E-state index in [4.69, 9.17) is 10.5 Å². The molecular formula is C21H32N4O. The molecule has 5 nitrogen and oxygen atoms in total. The van der Waals surface area contributed by atoms with Gasteiger partial charge in [0.2, 0.25) is 0 Å². The summed E-state index contributed by atoms with van der Waals surface area (Å²) in [6.07, 6.45) is 2.50. The summed E-state index contributed by atoms with van der Waals surface area (Å²) in [7, 11) is 3.37. The van der Waals surface area contributed by atoms with Gasteiger partial charge < -0.3 is 15.4 Å². The Balaban J connectivity index is 0.000000552. The molecule has 142 valence electrons. The summed E-state index contributed by atoms with van der Waals surface area (Å²) in [4.78, 5) is 8.53. The minimum atomic E-state index is 0.965. The summed E-state index contributed by atoms with van der Waals surface area (Å²) in [6, 6.07) is 12.9. The van der Waals surface area contributed by atoms with Crippen molar-refractivity contribution in [3.63, 3.8) is 0 Å². The lowest BCUT2D eigenvalue weighted by atomic mass is 10.0. The van der Waals surface area contributed by atoms with Crippen molar-refractivity contribution in [1.29, 1.82) is 0 Å². The molecular weight excluding hydrogens is 324 g/mol. The Hall–Kier alpha value is -2.11. The number of hydrogen-bond donors (Lipinski definition) is 1. The Morgan fingerprint density at radius 2 is 1.65 bits per heavy atom. The van der Waals surface area contributed by atoms with E-state index in [1.807, 2.05) is 0 Å². The Morgan fingerprint density at radius 3 is 2.23 bits per heavy atom.